The monoisotopic (exact) mass is 538 g/mol. The molecule has 1 unspecified atom stereocenters. The quantitative estimate of drug-likeness (QED) is 0.196. The molecule has 2 amide bonds. The highest BCUT2D eigenvalue weighted by Crippen LogP contribution is 2.33. The molecule has 0 N–H and O–H groups in total. The van der Waals surface area contributed by atoms with Crippen molar-refractivity contribution in [2.45, 2.75) is 13.5 Å². The Morgan fingerprint density at radius 3 is 2.49 bits per heavy atom. The Labute approximate surface area is 224 Å². The van der Waals surface area contributed by atoms with Crippen LogP contribution in [0.25, 0.3) is 0 Å². The zero-order valence-corrected chi connectivity index (χ0v) is 22.1. The Bertz CT molecular complexity index is 1350. The van der Waals surface area contributed by atoms with Gasteiger partial charge in [-0.1, -0.05) is 23.7 Å². The lowest BCUT2D eigenvalue weighted by Crippen LogP contribution is -2.58. The number of hydrogen-bond acceptors (Lipinski definition) is 7. The van der Waals surface area contributed by atoms with Gasteiger partial charge in [-0.05, 0) is 49.4 Å². The maximum absolute atomic E-state index is 13.6. The zero-order valence-electron chi connectivity index (χ0n) is 20.5. The first-order valence-corrected chi connectivity index (χ1v) is 12.9. The molecule has 2 heterocycles. The predicted octanol–water partition coefficient (Wildman–Crippen LogP) is 6.08. The maximum Gasteiger partial charge on any atom is 0.444 e. The summed E-state index contributed by atoms with van der Waals surface area (Å²) >= 11 is 7.41. The summed E-state index contributed by atoms with van der Waals surface area (Å²) in [4.78, 5) is 40.2. The summed E-state index contributed by atoms with van der Waals surface area (Å²) in [6.45, 7) is 2.75. The van der Waals surface area contributed by atoms with Gasteiger partial charge >= 0.3 is 18.0 Å². The molecule has 37 heavy (non-hydrogen) atoms. The molecule has 0 fully saturated rings. The van der Waals surface area contributed by atoms with E-state index in [9.17, 15) is 9.59 Å². The smallest absolute Gasteiger partial charge is 0.444 e. The number of methoxy groups -OCH3 is 1. The van der Waals surface area contributed by atoms with E-state index in [0.717, 1.165) is 5.56 Å². The van der Waals surface area contributed by atoms with Crippen molar-refractivity contribution >= 4 is 53.5 Å². The van der Waals surface area contributed by atoms with Crippen molar-refractivity contribution in [1.82, 2.24) is 9.88 Å². The van der Waals surface area contributed by atoms with Crippen molar-refractivity contribution < 1.29 is 23.0 Å². The van der Waals surface area contributed by atoms with Crippen LogP contribution in [0.4, 0.5) is 10.5 Å². The maximum atomic E-state index is 13.6. The third-order valence-electron chi connectivity index (χ3n) is 5.60. The average Bonchev–Trinajstić information content (AvgIpc) is 2.92. The van der Waals surface area contributed by atoms with E-state index >= 15 is 0 Å². The topological polar surface area (TPSA) is 93.5 Å². The lowest BCUT2D eigenvalue weighted by atomic mass is 10.2. The molecule has 11 heteroatoms. The van der Waals surface area contributed by atoms with Crippen molar-refractivity contribution in [3.8, 4) is 11.5 Å². The Morgan fingerprint density at radius 2 is 1.84 bits per heavy atom. The number of carbonyl (C=O) groups is 2. The molecule has 0 aliphatic carbocycles. The van der Waals surface area contributed by atoms with Crippen molar-refractivity contribution in [2.75, 3.05) is 19.9 Å². The minimum atomic E-state index is -0.498. The number of carbonyl (C=O) groups excluding carboxylic acids is 2. The molecule has 190 valence electrons. The number of nitrogens with zero attached hydrogens (tertiary/aromatic N) is 5. The van der Waals surface area contributed by atoms with Crippen LogP contribution in [0, 0.1) is 0 Å². The number of rotatable bonds is 8. The minimum absolute atomic E-state index is 0.128. The molecule has 9 nitrogen and oxygen atoms in total. The number of quaternary nitrogens is 1. The number of hydrogen-bond donors (Lipinski definition) is 0. The third-order valence-corrected chi connectivity index (χ3v) is 6.92. The normalized spacial score (nSPS) is 18.2. The zero-order chi connectivity index (χ0) is 26.4. The minimum Gasteiger partial charge on any atom is -0.465 e. The highest BCUT2D eigenvalue weighted by atomic mass is 35.5. The molecule has 0 saturated heterocycles. The van der Waals surface area contributed by atoms with Gasteiger partial charge in [0, 0.05) is 29.6 Å². The summed E-state index contributed by atoms with van der Waals surface area (Å²) in [6, 6.07) is 15.8. The van der Waals surface area contributed by atoms with Gasteiger partial charge in [-0.3, -0.25) is 9.88 Å². The summed E-state index contributed by atoms with van der Waals surface area (Å²) in [7, 11) is 1.31. The summed E-state index contributed by atoms with van der Waals surface area (Å²) in [5.41, 5.74) is 1.82. The lowest BCUT2D eigenvalue weighted by molar-refractivity contribution is -0.628. The first-order valence-electron chi connectivity index (χ1n) is 11.3. The molecular formula is C26H25ClN5O4S+. The van der Waals surface area contributed by atoms with Gasteiger partial charge in [0.05, 0.1) is 36.5 Å². The van der Waals surface area contributed by atoms with Gasteiger partial charge in [0.15, 0.2) is 0 Å². The number of guanidine groups is 1. The number of aliphatic imine (C=N–C) groups is 2. The largest absolute Gasteiger partial charge is 0.465 e. The van der Waals surface area contributed by atoms with Gasteiger partial charge in [0.2, 0.25) is 0 Å². The van der Waals surface area contributed by atoms with Crippen LogP contribution in [0.3, 0.4) is 0 Å². The summed E-state index contributed by atoms with van der Waals surface area (Å²) < 4.78 is 10.4. The van der Waals surface area contributed by atoms with Crippen LogP contribution in [-0.2, 0) is 11.3 Å². The fraction of sp³-hybridized carbons (Fsp3) is 0.192. The van der Waals surface area contributed by atoms with E-state index in [2.05, 4.69) is 9.98 Å². The second kappa shape index (κ2) is 11.5. The molecule has 0 spiro atoms. The molecule has 0 saturated carbocycles. The van der Waals surface area contributed by atoms with Crippen molar-refractivity contribution in [1.29, 1.82) is 0 Å². The van der Waals surface area contributed by atoms with Crippen LogP contribution in [-0.4, -0.2) is 58.0 Å². The van der Waals surface area contributed by atoms with Gasteiger partial charge in [-0.15, -0.1) is 3.89 Å². The van der Waals surface area contributed by atoms with Crippen molar-refractivity contribution in [2.24, 2.45) is 9.98 Å². The second-order valence-corrected chi connectivity index (χ2v) is 9.35. The molecule has 1 aliphatic rings. The van der Waals surface area contributed by atoms with Crippen molar-refractivity contribution in [3.05, 3.63) is 83.1 Å². The van der Waals surface area contributed by atoms with Crippen LogP contribution >= 0.6 is 23.5 Å². The summed E-state index contributed by atoms with van der Waals surface area (Å²) in [5.74, 6) is 0.785. The van der Waals surface area contributed by atoms with Gasteiger partial charge in [-0.2, -0.15) is 9.98 Å². The molecule has 0 bridgehead atoms. The third kappa shape index (κ3) is 5.82. The molecule has 1 atom stereocenters. The molecule has 3 aromatic rings. The number of aromatic nitrogens is 1. The SMILES string of the molecule is CCN1C=NC(=Nc2ccc(Oc3cncc(C(=O)OC)c3)cc2)[N+](Cc2ccc(Cl)cc2)(SC)C1=O. The molecule has 4 rings (SSSR count). The Kier molecular flexibility index (Phi) is 8.22. The molecular weight excluding hydrogens is 514 g/mol. The number of urea groups is 1. The molecule has 0 radical (unpaired) electrons. The first kappa shape index (κ1) is 26.3. The van der Waals surface area contributed by atoms with E-state index in [1.807, 2.05) is 25.3 Å². The molecule has 1 aliphatic heterocycles. The van der Waals surface area contributed by atoms with Crippen LogP contribution in [0.2, 0.25) is 5.02 Å². The lowest BCUT2D eigenvalue weighted by Gasteiger charge is -2.35. The number of ether oxygens (including phenoxy) is 2. The number of amides is 2. The standard InChI is InChI=1S/C26H25ClN5O4S/c1-4-31-17-29-25(32(37-3,26(31)34)16-18-5-7-20(27)8-6-18)30-21-9-11-22(12-10-21)36-23-13-19(14-28-15-23)24(33)35-2/h5-15,17H,4,16H2,1-3H3/q+1. The van der Waals surface area contributed by atoms with E-state index in [1.165, 1.54) is 37.8 Å². The van der Waals surface area contributed by atoms with E-state index < -0.39 is 5.97 Å². The number of pyridine rings is 1. The van der Waals surface area contributed by atoms with Crippen LogP contribution in [0.1, 0.15) is 22.8 Å². The molecule has 1 aromatic heterocycles. The fourth-order valence-electron chi connectivity index (χ4n) is 3.64. The average molecular weight is 539 g/mol. The molecule has 2 aromatic carbocycles. The van der Waals surface area contributed by atoms with Crippen LogP contribution in [0.15, 0.2) is 77.0 Å². The number of benzene rings is 2. The first-order chi connectivity index (χ1) is 17.9. The van der Waals surface area contributed by atoms with E-state index in [1.54, 1.807) is 47.4 Å². The number of halogens is 1. The highest BCUT2D eigenvalue weighted by molar-refractivity contribution is 7.93. The van der Waals surface area contributed by atoms with Gasteiger partial charge in [-0.25, -0.2) is 9.59 Å². The van der Waals surface area contributed by atoms with Gasteiger partial charge in [0.25, 0.3) is 0 Å². The van der Waals surface area contributed by atoms with Crippen LogP contribution in [0.5, 0.6) is 11.5 Å². The van der Waals surface area contributed by atoms with Gasteiger partial charge < -0.3 is 9.47 Å². The van der Waals surface area contributed by atoms with Crippen molar-refractivity contribution in [3.63, 3.8) is 0 Å². The summed E-state index contributed by atoms with van der Waals surface area (Å²) in [5, 5.41) is 0.627. The Hall–Kier alpha value is -3.73. The predicted molar refractivity (Wildman–Crippen MR) is 144 cm³/mol. The number of esters is 1. The summed E-state index contributed by atoms with van der Waals surface area (Å²) in [6.07, 6.45) is 6.30. The Balaban J connectivity index is 1.62. The Morgan fingerprint density at radius 1 is 1.11 bits per heavy atom. The second-order valence-electron chi connectivity index (χ2n) is 7.93. The van der Waals surface area contributed by atoms with E-state index in [0.29, 0.717) is 41.3 Å². The van der Waals surface area contributed by atoms with Crippen LogP contribution < -0.4 is 4.74 Å². The van der Waals surface area contributed by atoms with E-state index in [4.69, 9.17) is 26.1 Å². The van der Waals surface area contributed by atoms with E-state index in [-0.39, 0.29) is 15.5 Å². The fourth-order valence-corrected chi connectivity index (χ4v) is 4.55. The highest BCUT2D eigenvalue weighted by Gasteiger charge is 2.49. The van der Waals surface area contributed by atoms with Gasteiger partial charge in [0.1, 0.15) is 24.4 Å².